The molecule has 3 aromatic carbocycles. The first-order valence-corrected chi connectivity index (χ1v) is 10.7. The SMILES string of the molecule is O=C(OCc1nnnn1-c1ccccc1)c1ccc2c(c1)C(=O)N(CCc1ccccc1)C2=O. The van der Waals surface area contributed by atoms with E-state index in [0.717, 1.165) is 11.3 Å². The number of nitrogens with zero attached hydrogens (tertiary/aromatic N) is 5. The second kappa shape index (κ2) is 9.07. The fraction of sp³-hybridized carbons (Fsp3) is 0.120. The van der Waals surface area contributed by atoms with E-state index >= 15 is 0 Å². The predicted molar refractivity (Wildman–Crippen MR) is 120 cm³/mol. The van der Waals surface area contributed by atoms with Gasteiger partial charge < -0.3 is 4.74 Å². The van der Waals surface area contributed by atoms with Gasteiger partial charge in [-0.15, -0.1) is 5.10 Å². The minimum Gasteiger partial charge on any atom is -0.454 e. The molecule has 0 bridgehead atoms. The van der Waals surface area contributed by atoms with Crippen LogP contribution in [0.2, 0.25) is 0 Å². The van der Waals surface area contributed by atoms with Crippen molar-refractivity contribution >= 4 is 17.8 Å². The molecule has 2 amide bonds. The van der Waals surface area contributed by atoms with Gasteiger partial charge in [0.25, 0.3) is 11.8 Å². The van der Waals surface area contributed by atoms with Crippen LogP contribution in [0.5, 0.6) is 0 Å². The van der Waals surface area contributed by atoms with Crippen molar-refractivity contribution in [3.05, 3.63) is 107 Å². The molecule has 34 heavy (non-hydrogen) atoms. The number of hydrogen-bond donors (Lipinski definition) is 0. The van der Waals surface area contributed by atoms with Crippen molar-refractivity contribution < 1.29 is 19.1 Å². The highest BCUT2D eigenvalue weighted by Crippen LogP contribution is 2.25. The van der Waals surface area contributed by atoms with Crippen LogP contribution >= 0.6 is 0 Å². The summed E-state index contributed by atoms with van der Waals surface area (Å²) in [4.78, 5) is 39.5. The van der Waals surface area contributed by atoms with Gasteiger partial charge in [0.05, 0.1) is 22.4 Å². The molecule has 0 saturated carbocycles. The molecule has 0 fully saturated rings. The molecule has 0 spiro atoms. The third-order valence-electron chi connectivity index (χ3n) is 5.54. The monoisotopic (exact) mass is 453 g/mol. The molecule has 5 rings (SSSR count). The number of ether oxygens (including phenoxy) is 1. The van der Waals surface area contributed by atoms with Crippen molar-refractivity contribution in [2.45, 2.75) is 13.0 Å². The van der Waals surface area contributed by atoms with Crippen molar-refractivity contribution in [3.8, 4) is 5.69 Å². The normalized spacial score (nSPS) is 12.6. The lowest BCUT2D eigenvalue weighted by Gasteiger charge is -2.13. The smallest absolute Gasteiger partial charge is 0.338 e. The number of tetrazole rings is 1. The fourth-order valence-electron chi connectivity index (χ4n) is 3.79. The third kappa shape index (κ3) is 4.06. The van der Waals surface area contributed by atoms with Gasteiger partial charge in [-0.25, -0.2) is 4.79 Å². The maximum absolute atomic E-state index is 12.9. The highest BCUT2D eigenvalue weighted by atomic mass is 16.5. The molecule has 1 aliphatic heterocycles. The van der Waals surface area contributed by atoms with Crippen LogP contribution in [0.4, 0.5) is 0 Å². The largest absolute Gasteiger partial charge is 0.454 e. The number of hydrogen-bond acceptors (Lipinski definition) is 7. The summed E-state index contributed by atoms with van der Waals surface area (Å²) >= 11 is 0. The zero-order valence-corrected chi connectivity index (χ0v) is 18.0. The van der Waals surface area contributed by atoms with Gasteiger partial charge in [0.15, 0.2) is 12.4 Å². The molecule has 9 heteroatoms. The van der Waals surface area contributed by atoms with E-state index in [4.69, 9.17) is 4.74 Å². The second-order valence-electron chi connectivity index (χ2n) is 7.68. The number of imide groups is 1. The Morgan fingerprint density at radius 1 is 0.853 bits per heavy atom. The van der Waals surface area contributed by atoms with E-state index in [-0.39, 0.29) is 35.7 Å². The van der Waals surface area contributed by atoms with Gasteiger partial charge in [0, 0.05) is 6.54 Å². The average molecular weight is 453 g/mol. The first-order chi connectivity index (χ1) is 16.6. The van der Waals surface area contributed by atoms with Crippen molar-refractivity contribution in [2.24, 2.45) is 0 Å². The van der Waals surface area contributed by atoms with E-state index in [1.54, 1.807) is 0 Å². The molecule has 0 saturated heterocycles. The summed E-state index contributed by atoms with van der Waals surface area (Å²) < 4.78 is 6.85. The maximum atomic E-state index is 12.9. The molecule has 1 aliphatic rings. The topological polar surface area (TPSA) is 107 Å². The Balaban J connectivity index is 1.27. The van der Waals surface area contributed by atoms with E-state index in [9.17, 15) is 14.4 Å². The molecule has 0 unspecified atom stereocenters. The molecule has 0 aliphatic carbocycles. The van der Waals surface area contributed by atoms with Gasteiger partial charge in [-0.05, 0) is 52.7 Å². The summed E-state index contributed by atoms with van der Waals surface area (Å²) in [6.45, 7) is 0.103. The average Bonchev–Trinajstić information content (AvgIpc) is 3.45. The summed E-state index contributed by atoms with van der Waals surface area (Å²) in [6.07, 6.45) is 0.553. The summed E-state index contributed by atoms with van der Waals surface area (Å²) in [5.74, 6) is -1.08. The van der Waals surface area contributed by atoms with E-state index in [0.29, 0.717) is 12.2 Å². The van der Waals surface area contributed by atoms with Crippen LogP contribution in [0.1, 0.15) is 42.5 Å². The Morgan fingerprint density at radius 3 is 2.32 bits per heavy atom. The molecule has 0 radical (unpaired) electrons. The number of para-hydroxylation sites is 1. The molecule has 2 heterocycles. The lowest BCUT2D eigenvalue weighted by atomic mass is 10.1. The summed E-state index contributed by atoms with van der Waals surface area (Å²) in [5, 5.41) is 11.5. The molecule has 168 valence electrons. The van der Waals surface area contributed by atoms with Gasteiger partial charge >= 0.3 is 5.97 Å². The molecule has 4 aromatic rings. The van der Waals surface area contributed by atoms with Gasteiger partial charge in [0.1, 0.15) is 0 Å². The minimum atomic E-state index is -0.645. The van der Waals surface area contributed by atoms with E-state index in [1.807, 2.05) is 60.7 Å². The lowest BCUT2D eigenvalue weighted by molar-refractivity contribution is 0.0459. The van der Waals surface area contributed by atoms with Crippen LogP contribution in [0.15, 0.2) is 78.9 Å². The van der Waals surface area contributed by atoms with Crippen LogP contribution in [0, 0.1) is 0 Å². The number of esters is 1. The Labute approximate surface area is 194 Å². The Morgan fingerprint density at radius 2 is 1.56 bits per heavy atom. The number of fused-ring (bicyclic) bond motifs is 1. The molecular weight excluding hydrogens is 434 g/mol. The highest BCUT2D eigenvalue weighted by molar-refractivity contribution is 6.22. The minimum absolute atomic E-state index is 0.159. The number of carbonyl (C=O) groups is 3. The van der Waals surface area contributed by atoms with Gasteiger partial charge in [-0.1, -0.05) is 48.5 Å². The van der Waals surface area contributed by atoms with Gasteiger partial charge in [-0.2, -0.15) is 4.68 Å². The predicted octanol–water partition coefficient (Wildman–Crippen LogP) is 2.86. The van der Waals surface area contributed by atoms with Crippen molar-refractivity contribution in [2.75, 3.05) is 6.54 Å². The Bertz CT molecular complexity index is 1370. The quantitative estimate of drug-likeness (QED) is 0.313. The number of amides is 2. The molecule has 1 aromatic heterocycles. The molecule has 0 N–H and O–H groups in total. The van der Waals surface area contributed by atoms with E-state index < -0.39 is 11.9 Å². The Hall–Kier alpha value is -4.66. The van der Waals surface area contributed by atoms with Crippen molar-refractivity contribution in [1.82, 2.24) is 25.1 Å². The zero-order chi connectivity index (χ0) is 23.5. The summed E-state index contributed by atoms with van der Waals surface area (Å²) in [5.41, 5.74) is 2.41. The first kappa shape index (κ1) is 21.2. The van der Waals surface area contributed by atoms with Crippen LogP contribution in [-0.2, 0) is 17.8 Å². The van der Waals surface area contributed by atoms with Gasteiger partial charge in [0.2, 0.25) is 0 Å². The number of benzene rings is 3. The summed E-state index contributed by atoms with van der Waals surface area (Å²) in [6, 6.07) is 23.2. The summed E-state index contributed by atoms with van der Waals surface area (Å²) in [7, 11) is 0. The van der Waals surface area contributed by atoms with Crippen molar-refractivity contribution in [3.63, 3.8) is 0 Å². The van der Waals surface area contributed by atoms with Gasteiger partial charge in [-0.3, -0.25) is 14.5 Å². The van der Waals surface area contributed by atoms with Crippen molar-refractivity contribution in [1.29, 1.82) is 0 Å². The zero-order valence-electron chi connectivity index (χ0n) is 18.0. The maximum Gasteiger partial charge on any atom is 0.338 e. The van der Waals surface area contributed by atoms with E-state index in [1.165, 1.54) is 27.8 Å². The number of carbonyl (C=O) groups excluding carboxylic acids is 3. The van der Waals surface area contributed by atoms with Crippen LogP contribution in [0.25, 0.3) is 5.69 Å². The highest BCUT2D eigenvalue weighted by Gasteiger charge is 2.35. The molecule has 9 nitrogen and oxygen atoms in total. The Kier molecular flexibility index (Phi) is 5.65. The van der Waals surface area contributed by atoms with E-state index in [2.05, 4.69) is 15.5 Å². The third-order valence-corrected chi connectivity index (χ3v) is 5.54. The second-order valence-corrected chi connectivity index (χ2v) is 7.68. The number of aromatic nitrogens is 4. The lowest BCUT2D eigenvalue weighted by Crippen LogP contribution is -2.31. The first-order valence-electron chi connectivity index (χ1n) is 10.7. The van der Waals surface area contributed by atoms with Crippen LogP contribution in [-0.4, -0.2) is 49.4 Å². The van der Waals surface area contributed by atoms with Crippen LogP contribution in [0.3, 0.4) is 0 Å². The number of rotatable bonds is 7. The fourth-order valence-corrected chi connectivity index (χ4v) is 3.79. The van der Waals surface area contributed by atoms with Crippen LogP contribution < -0.4 is 0 Å². The molecular formula is C25H19N5O4. The standard InChI is InChI=1S/C25H19N5O4/c31-23-20-12-11-18(15-21(20)24(32)29(23)14-13-17-7-3-1-4-8-17)25(33)34-16-22-26-27-28-30(22)19-9-5-2-6-10-19/h1-12,15H,13-14,16H2. The molecule has 0 atom stereocenters.